The third-order valence-electron chi connectivity index (χ3n) is 13.7. The van der Waals surface area contributed by atoms with Crippen LogP contribution in [0.3, 0.4) is 0 Å². The molecule has 0 unspecified atom stereocenters. The number of hydrogen-bond acceptors (Lipinski definition) is 6. The molecule has 0 saturated carbocycles. The topological polar surface area (TPSA) is 78.9 Å². The molecule has 392 valence electrons. The lowest BCUT2D eigenvalue weighted by Gasteiger charge is -2.18. The smallest absolute Gasteiger partial charge is 0.306 e. The van der Waals surface area contributed by atoms with E-state index in [1.165, 1.54) is 225 Å². The summed E-state index contributed by atoms with van der Waals surface area (Å²) in [6.07, 6.45) is 56.7. The van der Waals surface area contributed by atoms with Crippen molar-refractivity contribution in [3.63, 3.8) is 0 Å². The first kappa shape index (κ1) is 64.4. The molecule has 0 aliphatic rings. The van der Waals surface area contributed by atoms with Crippen LogP contribution in [-0.4, -0.2) is 37.2 Å². The second-order valence-electron chi connectivity index (χ2n) is 21.6. The molecule has 0 heterocycles. The Morgan fingerprint density at radius 3 is 0.742 bits per heavy atom. The van der Waals surface area contributed by atoms with Crippen molar-refractivity contribution < 1.29 is 28.6 Å². The monoisotopic (exact) mass is 933 g/mol. The molecule has 0 aromatic carbocycles. The first-order valence-electron chi connectivity index (χ1n) is 29.7. The minimum absolute atomic E-state index is 0.0625. The van der Waals surface area contributed by atoms with Crippen molar-refractivity contribution >= 4 is 17.9 Å². The zero-order valence-electron chi connectivity index (χ0n) is 45.3. The molecule has 0 aromatic heterocycles. The molecule has 0 amide bonds. The van der Waals surface area contributed by atoms with E-state index in [9.17, 15) is 14.4 Å². The predicted octanol–water partition coefficient (Wildman–Crippen LogP) is 19.7. The second-order valence-corrected chi connectivity index (χ2v) is 21.6. The number of ether oxygens (including phenoxy) is 3. The fourth-order valence-corrected chi connectivity index (χ4v) is 9.23. The molecule has 1 atom stereocenters. The van der Waals surface area contributed by atoms with E-state index >= 15 is 0 Å². The molecule has 0 N–H and O–H groups in total. The van der Waals surface area contributed by atoms with Crippen molar-refractivity contribution in [1.29, 1.82) is 0 Å². The summed E-state index contributed by atoms with van der Waals surface area (Å²) < 4.78 is 16.9. The molecule has 0 aliphatic carbocycles. The van der Waals surface area contributed by atoms with Gasteiger partial charge in [0.15, 0.2) is 6.10 Å². The van der Waals surface area contributed by atoms with E-state index in [0.29, 0.717) is 19.3 Å². The van der Waals surface area contributed by atoms with Crippen LogP contribution in [-0.2, 0) is 28.6 Å². The lowest BCUT2D eigenvalue weighted by Crippen LogP contribution is -2.30. The van der Waals surface area contributed by atoms with Crippen LogP contribution in [0.4, 0.5) is 0 Å². The Hall–Kier alpha value is -1.59. The highest BCUT2D eigenvalue weighted by molar-refractivity contribution is 5.71. The summed E-state index contributed by atoms with van der Waals surface area (Å²) in [6, 6.07) is 0. The van der Waals surface area contributed by atoms with E-state index in [1.54, 1.807) is 0 Å². The Kier molecular flexibility index (Phi) is 51.5. The third kappa shape index (κ3) is 53.4. The highest BCUT2D eigenvalue weighted by atomic mass is 16.6. The molecule has 6 nitrogen and oxygen atoms in total. The minimum atomic E-state index is -0.762. The van der Waals surface area contributed by atoms with Gasteiger partial charge in [0.2, 0.25) is 0 Å². The molecule has 0 aromatic rings. The molecular formula is C60H116O6. The maximum atomic E-state index is 12.9. The van der Waals surface area contributed by atoms with E-state index in [1.807, 2.05) is 0 Å². The number of hydrogen-bond donors (Lipinski definition) is 0. The van der Waals surface area contributed by atoms with E-state index in [4.69, 9.17) is 14.2 Å². The van der Waals surface area contributed by atoms with Crippen molar-refractivity contribution in [3.8, 4) is 0 Å². The van der Waals surface area contributed by atoms with Gasteiger partial charge in [0.25, 0.3) is 0 Å². The normalized spacial score (nSPS) is 12.0. The highest BCUT2D eigenvalue weighted by Crippen LogP contribution is 2.18. The van der Waals surface area contributed by atoms with Gasteiger partial charge in [-0.25, -0.2) is 0 Å². The van der Waals surface area contributed by atoms with Crippen molar-refractivity contribution in [2.45, 2.75) is 343 Å². The minimum Gasteiger partial charge on any atom is -0.462 e. The Morgan fingerprint density at radius 2 is 0.500 bits per heavy atom. The summed E-state index contributed by atoms with van der Waals surface area (Å²) in [5.74, 6) is 0.864. The van der Waals surface area contributed by atoms with Crippen LogP contribution in [0.15, 0.2) is 0 Å². The Labute approximate surface area is 412 Å². The second kappa shape index (κ2) is 52.8. The van der Waals surface area contributed by atoms with Crippen LogP contribution in [0.25, 0.3) is 0 Å². The summed E-state index contributed by atoms with van der Waals surface area (Å²) in [5.41, 5.74) is 0. The fourth-order valence-electron chi connectivity index (χ4n) is 9.23. The van der Waals surface area contributed by atoms with Gasteiger partial charge in [-0.05, 0) is 31.1 Å². The van der Waals surface area contributed by atoms with Gasteiger partial charge < -0.3 is 14.2 Å². The molecule has 0 fully saturated rings. The fraction of sp³-hybridized carbons (Fsp3) is 0.950. The molecule has 0 saturated heterocycles. The maximum absolute atomic E-state index is 12.9. The van der Waals surface area contributed by atoms with Gasteiger partial charge in [0, 0.05) is 19.3 Å². The van der Waals surface area contributed by atoms with Gasteiger partial charge in [-0.3, -0.25) is 14.4 Å². The predicted molar refractivity (Wildman–Crippen MR) is 284 cm³/mol. The Bertz CT molecular complexity index is 1010. The zero-order chi connectivity index (χ0) is 48.2. The van der Waals surface area contributed by atoms with Crippen molar-refractivity contribution in [3.05, 3.63) is 0 Å². The number of unbranched alkanes of at least 4 members (excludes halogenated alkanes) is 39. The summed E-state index contributed by atoms with van der Waals surface area (Å²) >= 11 is 0. The molecule has 0 aliphatic heterocycles. The van der Waals surface area contributed by atoms with Crippen LogP contribution in [0.1, 0.15) is 336 Å². The SMILES string of the molecule is CCCCCCCCCCCCC(=O)OC[C@H](COC(=O)CCCCCCCCCCCCCCCCC(C)C)OC(=O)CCCCCCCCCCCCCCCCCCCCC(C)C. The Balaban J connectivity index is 4.21. The van der Waals surface area contributed by atoms with Crippen LogP contribution in [0, 0.1) is 11.8 Å². The molecular weight excluding hydrogens is 817 g/mol. The van der Waals surface area contributed by atoms with Gasteiger partial charge in [-0.2, -0.15) is 0 Å². The van der Waals surface area contributed by atoms with E-state index < -0.39 is 6.10 Å². The van der Waals surface area contributed by atoms with Crippen LogP contribution in [0.5, 0.6) is 0 Å². The zero-order valence-corrected chi connectivity index (χ0v) is 45.3. The number of carbonyl (C=O) groups excluding carboxylic acids is 3. The quantitative estimate of drug-likeness (QED) is 0.0343. The van der Waals surface area contributed by atoms with Gasteiger partial charge in [0.05, 0.1) is 0 Å². The lowest BCUT2D eigenvalue weighted by atomic mass is 10.0. The van der Waals surface area contributed by atoms with Crippen molar-refractivity contribution in [1.82, 2.24) is 0 Å². The maximum Gasteiger partial charge on any atom is 0.306 e. The average Bonchev–Trinajstić information content (AvgIpc) is 3.29. The van der Waals surface area contributed by atoms with E-state index in [-0.39, 0.29) is 31.1 Å². The van der Waals surface area contributed by atoms with Crippen molar-refractivity contribution in [2.24, 2.45) is 11.8 Å². The van der Waals surface area contributed by atoms with Gasteiger partial charge in [-0.15, -0.1) is 0 Å². The molecule has 0 radical (unpaired) electrons. The third-order valence-corrected chi connectivity index (χ3v) is 13.7. The van der Waals surface area contributed by atoms with Crippen LogP contribution >= 0.6 is 0 Å². The largest absolute Gasteiger partial charge is 0.462 e. The van der Waals surface area contributed by atoms with E-state index in [2.05, 4.69) is 34.6 Å². The summed E-state index contributed by atoms with van der Waals surface area (Å²) in [4.78, 5) is 38.1. The number of carbonyl (C=O) groups is 3. The first-order valence-corrected chi connectivity index (χ1v) is 29.7. The van der Waals surface area contributed by atoms with Gasteiger partial charge in [0.1, 0.15) is 13.2 Å². The van der Waals surface area contributed by atoms with E-state index in [0.717, 1.165) is 69.6 Å². The average molecular weight is 934 g/mol. The first-order chi connectivity index (χ1) is 32.2. The van der Waals surface area contributed by atoms with Crippen molar-refractivity contribution in [2.75, 3.05) is 13.2 Å². The summed E-state index contributed by atoms with van der Waals surface area (Å²) in [5, 5.41) is 0. The van der Waals surface area contributed by atoms with Gasteiger partial charge >= 0.3 is 17.9 Å². The lowest BCUT2D eigenvalue weighted by molar-refractivity contribution is -0.167. The standard InChI is InChI=1S/C60H116O6/c1-6-7-8-9-10-11-30-35-40-45-50-58(61)64-53-57(54-65-59(62)51-46-41-36-31-26-22-19-18-21-25-29-34-39-44-49-56(4)5)66-60(63)52-47-42-37-32-27-23-17-15-13-12-14-16-20-24-28-33-38-43-48-55(2)3/h55-57H,6-54H2,1-5H3/t57-/m1/s1. The van der Waals surface area contributed by atoms with Crippen LogP contribution < -0.4 is 0 Å². The molecule has 0 rings (SSSR count). The Morgan fingerprint density at radius 1 is 0.288 bits per heavy atom. The molecule has 0 spiro atoms. The molecule has 0 bridgehead atoms. The summed E-state index contributed by atoms with van der Waals surface area (Å²) in [7, 11) is 0. The number of rotatable bonds is 54. The molecule has 6 heteroatoms. The molecule has 66 heavy (non-hydrogen) atoms. The number of esters is 3. The van der Waals surface area contributed by atoms with Crippen LogP contribution in [0.2, 0.25) is 0 Å². The summed E-state index contributed by atoms with van der Waals surface area (Å²) in [6.45, 7) is 11.4. The highest BCUT2D eigenvalue weighted by Gasteiger charge is 2.19. The van der Waals surface area contributed by atoms with Gasteiger partial charge in [-0.1, -0.05) is 298 Å².